The first-order valence-electron chi connectivity index (χ1n) is 22.3. The van der Waals surface area contributed by atoms with Crippen molar-refractivity contribution < 1.29 is 79.9 Å². The molecule has 3 rings (SSSR count). The molecule has 364 valence electrons. The SMILES string of the molecule is C[C@@H]1[C@H](O)[C@@H](C)\C=C/C=C\C=C/C=C\C=C/C=C\C=C/[C@H](O[C@@H]2O[C@H](C)[C@@H](O)[C@H](N)[C@@H]2O)C[C@@H]2O[C@](O)(C[C@@H](O)C[C@@H](O)[C@H](O)CC[C@@H](O)C[C@@H](O)CC(=O)O[C@H]1C)C[C@H](O)[C@H]2CO. The van der Waals surface area contributed by atoms with Gasteiger partial charge in [0.05, 0.1) is 86.2 Å². The Labute approximate surface area is 376 Å². The smallest absolute Gasteiger partial charge is 0.308 e. The fourth-order valence-corrected chi connectivity index (χ4v) is 7.95. The van der Waals surface area contributed by atoms with Crippen molar-refractivity contribution in [2.75, 3.05) is 6.61 Å². The molecule has 0 aromatic rings. The molecule has 0 amide bonds. The van der Waals surface area contributed by atoms with Crippen LogP contribution in [0.25, 0.3) is 0 Å². The van der Waals surface area contributed by atoms with Gasteiger partial charge in [0.1, 0.15) is 12.2 Å². The Morgan fingerprint density at radius 2 is 1.23 bits per heavy atom. The van der Waals surface area contributed by atoms with Crippen LogP contribution in [-0.4, -0.2) is 166 Å². The molecule has 0 aromatic heterocycles. The molecule has 19 atom stereocenters. The Balaban J connectivity index is 1.83. The number of cyclic esters (lactones) is 1. The van der Waals surface area contributed by atoms with Crippen molar-refractivity contribution in [3.8, 4) is 0 Å². The van der Waals surface area contributed by atoms with E-state index in [1.165, 1.54) is 0 Å². The highest BCUT2D eigenvalue weighted by atomic mass is 16.7. The number of aliphatic hydroxyl groups is 11. The summed E-state index contributed by atoms with van der Waals surface area (Å²) in [4.78, 5) is 12.6. The molecule has 17 nitrogen and oxygen atoms in total. The summed E-state index contributed by atoms with van der Waals surface area (Å²) in [6.45, 7) is 6.28. The van der Waals surface area contributed by atoms with Crippen LogP contribution in [0, 0.1) is 17.8 Å². The van der Waals surface area contributed by atoms with Crippen molar-refractivity contribution in [3.05, 3.63) is 85.1 Å². The van der Waals surface area contributed by atoms with Gasteiger partial charge in [-0.15, -0.1) is 0 Å². The second-order valence-electron chi connectivity index (χ2n) is 17.6. The number of hydrogen-bond donors (Lipinski definition) is 12. The molecule has 3 aliphatic rings. The molecule has 0 radical (unpaired) electrons. The molecule has 0 saturated carbocycles. The lowest BCUT2D eigenvalue weighted by Crippen LogP contribution is -2.61. The van der Waals surface area contributed by atoms with E-state index in [9.17, 15) is 61.0 Å². The minimum absolute atomic E-state index is 0.0734. The third kappa shape index (κ3) is 18.4. The van der Waals surface area contributed by atoms with Crippen molar-refractivity contribution in [3.63, 3.8) is 0 Å². The largest absolute Gasteiger partial charge is 0.462 e. The summed E-state index contributed by atoms with van der Waals surface area (Å²) in [6, 6.07) is -1.09. The summed E-state index contributed by atoms with van der Waals surface area (Å²) in [5.41, 5.74) is 6.04. The van der Waals surface area contributed by atoms with Gasteiger partial charge < -0.3 is 80.9 Å². The number of carbonyl (C=O) groups is 1. The summed E-state index contributed by atoms with van der Waals surface area (Å²) in [5.74, 6) is -4.50. The molecule has 2 fully saturated rings. The van der Waals surface area contributed by atoms with Crippen LogP contribution < -0.4 is 5.73 Å². The van der Waals surface area contributed by atoms with Gasteiger partial charge in [-0.05, 0) is 33.1 Å². The molecule has 2 bridgehead atoms. The van der Waals surface area contributed by atoms with Gasteiger partial charge in [-0.1, -0.05) is 98.9 Å². The second-order valence-corrected chi connectivity index (χ2v) is 17.6. The summed E-state index contributed by atoms with van der Waals surface area (Å²) < 4.78 is 23.4. The fraction of sp³-hybridized carbons (Fsp3) is 0.681. The second kappa shape index (κ2) is 27.6. The van der Waals surface area contributed by atoms with Crippen molar-refractivity contribution >= 4 is 5.97 Å². The lowest BCUT2D eigenvalue weighted by Gasteiger charge is -2.46. The minimum Gasteiger partial charge on any atom is -0.462 e. The Hall–Kier alpha value is -2.95. The molecule has 64 heavy (non-hydrogen) atoms. The first-order chi connectivity index (χ1) is 30.2. The molecule has 0 aliphatic carbocycles. The fourth-order valence-electron chi connectivity index (χ4n) is 7.95. The Kier molecular flexibility index (Phi) is 23.9. The monoisotopic (exact) mass is 910 g/mol. The molecule has 0 unspecified atom stereocenters. The van der Waals surface area contributed by atoms with Gasteiger partial charge in [0.15, 0.2) is 12.1 Å². The van der Waals surface area contributed by atoms with E-state index in [1.807, 2.05) is 49.5 Å². The molecule has 17 heteroatoms. The van der Waals surface area contributed by atoms with Crippen LogP contribution in [0.1, 0.15) is 79.1 Å². The van der Waals surface area contributed by atoms with Crippen molar-refractivity contribution in [2.45, 2.75) is 177 Å². The van der Waals surface area contributed by atoms with Gasteiger partial charge in [-0.2, -0.15) is 0 Å². The van der Waals surface area contributed by atoms with Crippen LogP contribution in [0.4, 0.5) is 0 Å². The number of allylic oxidation sites excluding steroid dienone is 12. The number of fused-ring (bicyclic) bond motifs is 2. The molecular formula is C47H75NO16. The van der Waals surface area contributed by atoms with Gasteiger partial charge in [0, 0.05) is 43.4 Å². The van der Waals surface area contributed by atoms with E-state index in [1.54, 1.807) is 63.3 Å². The number of nitrogens with two attached hydrogens (primary N) is 1. The average Bonchev–Trinajstić information content (AvgIpc) is 3.22. The van der Waals surface area contributed by atoms with Crippen molar-refractivity contribution in [2.24, 2.45) is 23.5 Å². The van der Waals surface area contributed by atoms with Crippen LogP contribution in [0.5, 0.6) is 0 Å². The maximum absolute atomic E-state index is 12.6. The molecular weight excluding hydrogens is 835 g/mol. The highest BCUT2D eigenvalue weighted by molar-refractivity contribution is 5.70. The lowest BCUT2D eigenvalue weighted by molar-refractivity contribution is -0.312. The predicted molar refractivity (Wildman–Crippen MR) is 236 cm³/mol. The Morgan fingerprint density at radius 3 is 1.83 bits per heavy atom. The van der Waals surface area contributed by atoms with Gasteiger partial charge in [0.2, 0.25) is 0 Å². The highest BCUT2D eigenvalue weighted by Gasteiger charge is 2.48. The molecule has 0 aromatic carbocycles. The number of ether oxygens (including phenoxy) is 4. The highest BCUT2D eigenvalue weighted by Crippen LogP contribution is 2.38. The normalized spacial score (nSPS) is 46.1. The third-order valence-corrected chi connectivity index (χ3v) is 12.1. The van der Waals surface area contributed by atoms with E-state index in [4.69, 9.17) is 24.7 Å². The van der Waals surface area contributed by atoms with Crippen LogP contribution in [-0.2, 0) is 23.7 Å². The van der Waals surface area contributed by atoms with E-state index in [0.717, 1.165) is 0 Å². The van der Waals surface area contributed by atoms with E-state index in [0.29, 0.717) is 0 Å². The van der Waals surface area contributed by atoms with Crippen LogP contribution >= 0.6 is 0 Å². The maximum Gasteiger partial charge on any atom is 0.308 e. The zero-order valence-corrected chi connectivity index (χ0v) is 37.4. The first-order valence-corrected chi connectivity index (χ1v) is 22.3. The van der Waals surface area contributed by atoms with E-state index >= 15 is 0 Å². The molecule has 3 heterocycles. The van der Waals surface area contributed by atoms with Gasteiger partial charge in [-0.3, -0.25) is 4.79 Å². The zero-order valence-electron chi connectivity index (χ0n) is 37.4. The zero-order chi connectivity index (χ0) is 47.6. The quantitative estimate of drug-likeness (QED) is 0.173. The minimum atomic E-state index is -2.16. The summed E-state index contributed by atoms with van der Waals surface area (Å²) in [7, 11) is 0. The van der Waals surface area contributed by atoms with Crippen molar-refractivity contribution in [1.82, 2.24) is 0 Å². The number of hydrogen-bond acceptors (Lipinski definition) is 17. The molecule has 2 saturated heterocycles. The summed E-state index contributed by atoms with van der Waals surface area (Å²) >= 11 is 0. The first kappa shape index (κ1) is 55.4. The topological polar surface area (TPSA) is 303 Å². The molecule has 3 aliphatic heterocycles. The van der Waals surface area contributed by atoms with Gasteiger partial charge >= 0.3 is 5.97 Å². The number of carbonyl (C=O) groups excluding carboxylic acids is 1. The maximum atomic E-state index is 12.6. The number of aliphatic hydroxyl groups excluding tert-OH is 10. The Bertz CT molecular complexity index is 1580. The molecule has 13 N–H and O–H groups in total. The van der Waals surface area contributed by atoms with E-state index in [2.05, 4.69) is 0 Å². The predicted octanol–water partition coefficient (Wildman–Crippen LogP) is 0.619. The van der Waals surface area contributed by atoms with Crippen molar-refractivity contribution in [1.29, 1.82) is 0 Å². The lowest BCUT2D eigenvalue weighted by atomic mass is 9.83. The average molecular weight is 910 g/mol. The standard InChI is InChI=1S/C47H75NO16/c1-28-17-15-13-11-9-7-5-6-8-10-12-14-16-18-35(63-46-45(59)42(48)44(58)31(4)62-46)24-40-36(27-49)39(55)26-47(60,64-40)25-34(52)22-38(54)37(53)20-19-32(50)21-33(51)23-41(56)61-30(3)29(2)43(28)57/h5-18,28-40,42-46,49-55,57-60H,19-27,48H2,1-4H3/b6-5-,9-7-,10-8-,13-11-,14-12-,17-15-,18-16-/t28-,29-,30-,31+,32+,33+,34-,35-,36+,37+,38+,39-,40-,42-,43+,44+,45-,46-,47+/m0/s1. The Morgan fingerprint density at radius 1 is 0.656 bits per heavy atom. The number of rotatable bonds is 3. The van der Waals surface area contributed by atoms with E-state index in [-0.39, 0.29) is 31.6 Å². The van der Waals surface area contributed by atoms with Gasteiger partial charge in [-0.25, -0.2) is 0 Å². The van der Waals surface area contributed by atoms with Crippen LogP contribution in [0.3, 0.4) is 0 Å². The van der Waals surface area contributed by atoms with Crippen LogP contribution in [0.15, 0.2) is 85.1 Å². The van der Waals surface area contributed by atoms with Crippen LogP contribution in [0.2, 0.25) is 0 Å². The van der Waals surface area contributed by atoms with Gasteiger partial charge in [0.25, 0.3) is 0 Å². The van der Waals surface area contributed by atoms with E-state index < -0.39 is 148 Å². The third-order valence-electron chi connectivity index (χ3n) is 12.1. The molecule has 0 spiro atoms. The summed E-state index contributed by atoms with van der Waals surface area (Å²) in [6.07, 6.45) is 6.23. The number of esters is 1. The summed E-state index contributed by atoms with van der Waals surface area (Å²) in [5, 5.41) is 118.